The van der Waals surface area contributed by atoms with Gasteiger partial charge >= 0.3 is 0 Å². The van der Waals surface area contributed by atoms with E-state index in [1.54, 1.807) is 6.92 Å². The van der Waals surface area contributed by atoms with Crippen LogP contribution in [0, 0.1) is 5.92 Å². The highest BCUT2D eigenvalue weighted by molar-refractivity contribution is 5.82. The Morgan fingerprint density at radius 1 is 1.14 bits per heavy atom. The highest BCUT2D eigenvalue weighted by Crippen LogP contribution is 2.25. The zero-order chi connectivity index (χ0) is 16.2. The Balaban J connectivity index is 2.82. The maximum Gasteiger partial charge on any atom is 0.237 e. The molecule has 2 amide bonds. The molecule has 0 aromatic carbocycles. The van der Waals surface area contributed by atoms with Gasteiger partial charge in [0.05, 0.1) is 12.1 Å². The van der Waals surface area contributed by atoms with Crippen molar-refractivity contribution in [3.05, 3.63) is 0 Å². The smallest absolute Gasteiger partial charge is 0.237 e. The standard InChI is InChI=1S/C16H31N3O2/c1-10(2)15(17)16(21)18-13-8-6-7-9-14(13)19(11(3)4)12(5)20/h10-11,13-15H,6-9,17H2,1-5H3,(H,18,21). The minimum Gasteiger partial charge on any atom is -0.350 e. The number of hydrogen-bond donors (Lipinski definition) is 2. The molecular formula is C16H31N3O2. The first-order valence-electron chi connectivity index (χ1n) is 8.10. The number of nitrogens with two attached hydrogens (primary N) is 1. The molecule has 122 valence electrons. The third-order valence-electron chi connectivity index (χ3n) is 4.36. The Labute approximate surface area is 128 Å². The molecule has 0 aromatic rings. The number of carbonyl (C=O) groups excluding carboxylic acids is 2. The lowest BCUT2D eigenvalue weighted by Crippen LogP contribution is -2.59. The highest BCUT2D eigenvalue weighted by Gasteiger charge is 2.34. The van der Waals surface area contributed by atoms with E-state index in [0.29, 0.717) is 0 Å². The van der Waals surface area contributed by atoms with Gasteiger partial charge in [-0.05, 0) is 32.6 Å². The van der Waals surface area contributed by atoms with Gasteiger partial charge in [0.15, 0.2) is 0 Å². The van der Waals surface area contributed by atoms with Crippen molar-refractivity contribution >= 4 is 11.8 Å². The van der Waals surface area contributed by atoms with Crippen molar-refractivity contribution in [3.63, 3.8) is 0 Å². The largest absolute Gasteiger partial charge is 0.350 e. The van der Waals surface area contributed by atoms with E-state index in [2.05, 4.69) is 5.32 Å². The van der Waals surface area contributed by atoms with Crippen LogP contribution in [0.25, 0.3) is 0 Å². The van der Waals surface area contributed by atoms with Gasteiger partial charge in [-0.1, -0.05) is 26.7 Å². The molecule has 1 saturated carbocycles. The fourth-order valence-electron chi connectivity index (χ4n) is 3.17. The van der Waals surface area contributed by atoms with Crippen molar-refractivity contribution in [1.29, 1.82) is 0 Å². The predicted octanol–water partition coefficient (Wildman–Crippen LogP) is 1.65. The van der Waals surface area contributed by atoms with E-state index in [-0.39, 0.29) is 35.9 Å². The molecule has 0 spiro atoms. The summed E-state index contributed by atoms with van der Waals surface area (Å²) >= 11 is 0. The van der Waals surface area contributed by atoms with Crippen LogP contribution in [-0.2, 0) is 9.59 Å². The second-order valence-electron chi connectivity index (χ2n) is 6.76. The average Bonchev–Trinajstić information content (AvgIpc) is 2.38. The highest BCUT2D eigenvalue weighted by atomic mass is 16.2. The van der Waals surface area contributed by atoms with Gasteiger partial charge < -0.3 is 16.0 Å². The summed E-state index contributed by atoms with van der Waals surface area (Å²) in [6, 6.07) is -0.247. The van der Waals surface area contributed by atoms with Crippen LogP contribution < -0.4 is 11.1 Å². The molecule has 1 fully saturated rings. The molecule has 0 saturated heterocycles. The maximum absolute atomic E-state index is 12.2. The van der Waals surface area contributed by atoms with Crippen LogP contribution in [0.1, 0.15) is 60.3 Å². The van der Waals surface area contributed by atoms with Crippen LogP contribution in [0.3, 0.4) is 0 Å². The molecule has 5 nitrogen and oxygen atoms in total. The quantitative estimate of drug-likeness (QED) is 0.810. The zero-order valence-electron chi connectivity index (χ0n) is 14.1. The maximum atomic E-state index is 12.2. The topological polar surface area (TPSA) is 75.4 Å². The van der Waals surface area contributed by atoms with Gasteiger partial charge in [0.2, 0.25) is 11.8 Å². The molecule has 0 aliphatic heterocycles. The molecule has 3 unspecified atom stereocenters. The third-order valence-corrected chi connectivity index (χ3v) is 4.36. The first-order valence-corrected chi connectivity index (χ1v) is 8.10. The summed E-state index contributed by atoms with van der Waals surface area (Å²) in [5.74, 6) is 0.0829. The Hall–Kier alpha value is -1.10. The summed E-state index contributed by atoms with van der Waals surface area (Å²) in [6.07, 6.45) is 4.04. The SMILES string of the molecule is CC(=O)N(C(C)C)C1CCCCC1NC(=O)C(N)C(C)C. The first kappa shape index (κ1) is 18.0. The molecule has 0 bridgehead atoms. The molecule has 1 rings (SSSR count). The fourth-order valence-corrected chi connectivity index (χ4v) is 3.17. The van der Waals surface area contributed by atoms with Crippen LogP contribution in [0.15, 0.2) is 0 Å². The number of hydrogen-bond acceptors (Lipinski definition) is 3. The second-order valence-corrected chi connectivity index (χ2v) is 6.76. The molecule has 3 N–H and O–H groups in total. The fraction of sp³-hybridized carbons (Fsp3) is 0.875. The number of rotatable bonds is 5. The minimum atomic E-state index is -0.489. The average molecular weight is 297 g/mol. The van der Waals surface area contributed by atoms with Crippen molar-refractivity contribution in [2.24, 2.45) is 11.7 Å². The van der Waals surface area contributed by atoms with E-state index in [1.165, 1.54) is 0 Å². The molecular weight excluding hydrogens is 266 g/mol. The Bertz CT molecular complexity index is 369. The number of carbonyl (C=O) groups is 2. The summed E-state index contributed by atoms with van der Waals surface area (Å²) < 4.78 is 0. The van der Waals surface area contributed by atoms with Crippen LogP contribution >= 0.6 is 0 Å². The Morgan fingerprint density at radius 3 is 2.19 bits per heavy atom. The van der Waals surface area contributed by atoms with Gasteiger partial charge in [0, 0.05) is 19.0 Å². The Morgan fingerprint density at radius 2 is 1.71 bits per heavy atom. The summed E-state index contributed by atoms with van der Waals surface area (Å²) in [7, 11) is 0. The van der Waals surface area contributed by atoms with E-state index < -0.39 is 6.04 Å². The van der Waals surface area contributed by atoms with Crippen molar-refractivity contribution < 1.29 is 9.59 Å². The molecule has 0 heterocycles. The normalized spacial score (nSPS) is 24.0. The monoisotopic (exact) mass is 297 g/mol. The van der Waals surface area contributed by atoms with Gasteiger partial charge in [-0.3, -0.25) is 9.59 Å². The van der Waals surface area contributed by atoms with Crippen LogP contribution in [0.5, 0.6) is 0 Å². The summed E-state index contributed by atoms with van der Waals surface area (Å²) in [4.78, 5) is 26.1. The summed E-state index contributed by atoms with van der Waals surface area (Å²) in [6.45, 7) is 9.54. The van der Waals surface area contributed by atoms with Gasteiger partial charge in [-0.25, -0.2) is 0 Å². The lowest BCUT2D eigenvalue weighted by Gasteiger charge is -2.42. The summed E-state index contributed by atoms with van der Waals surface area (Å²) in [5, 5.41) is 3.08. The molecule has 5 heteroatoms. The van der Waals surface area contributed by atoms with E-state index in [9.17, 15) is 9.59 Å². The van der Waals surface area contributed by atoms with Crippen molar-refractivity contribution in [1.82, 2.24) is 10.2 Å². The van der Waals surface area contributed by atoms with Crippen LogP contribution in [0.2, 0.25) is 0 Å². The molecule has 3 atom stereocenters. The molecule has 21 heavy (non-hydrogen) atoms. The van der Waals surface area contributed by atoms with Crippen LogP contribution in [-0.4, -0.2) is 40.9 Å². The Kier molecular flexibility index (Phi) is 6.65. The number of nitrogens with zero attached hydrogens (tertiary/aromatic N) is 1. The van der Waals surface area contributed by atoms with Crippen molar-refractivity contribution in [2.45, 2.75) is 84.5 Å². The first-order chi connectivity index (χ1) is 9.75. The third kappa shape index (κ3) is 4.70. The van der Waals surface area contributed by atoms with E-state index in [0.717, 1.165) is 25.7 Å². The zero-order valence-corrected chi connectivity index (χ0v) is 14.1. The minimum absolute atomic E-state index is 0.0161. The van der Waals surface area contributed by atoms with E-state index in [4.69, 9.17) is 5.73 Å². The second kappa shape index (κ2) is 7.78. The van der Waals surface area contributed by atoms with Crippen LogP contribution in [0.4, 0.5) is 0 Å². The van der Waals surface area contributed by atoms with Gasteiger partial charge in [-0.15, -0.1) is 0 Å². The van der Waals surface area contributed by atoms with Gasteiger partial charge in [0.25, 0.3) is 0 Å². The lowest BCUT2D eigenvalue weighted by atomic mass is 9.88. The van der Waals surface area contributed by atoms with E-state index >= 15 is 0 Å². The molecule has 0 radical (unpaired) electrons. The molecule has 0 aromatic heterocycles. The summed E-state index contributed by atoms with van der Waals surface area (Å²) in [5.41, 5.74) is 5.93. The van der Waals surface area contributed by atoms with E-state index in [1.807, 2.05) is 32.6 Å². The predicted molar refractivity (Wildman–Crippen MR) is 84.7 cm³/mol. The number of nitrogens with one attached hydrogen (secondary N) is 1. The van der Waals surface area contributed by atoms with Gasteiger partial charge in [0.1, 0.15) is 0 Å². The lowest BCUT2D eigenvalue weighted by molar-refractivity contribution is -0.136. The van der Waals surface area contributed by atoms with Gasteiger partial charge in [-0.2, -0.15) is 0 Å². The van der Waals surface area contributed by atoms with Crippen molar-refractivity contribution in [3.8, 4) is 0 Å². The van der Waals surface area contributed by atoms with Crippen molar-refractivity contribution in [2.75, 3.05) is 0 Å². The molecule has 1 aliphatic rings. The number of amides is 2. The molecule has 1 aliphatic carbocycles.